The molecule has 4 nitrogen and oxygen atoms in total. The van der Waals surface area contributed by atoms with Gasteiger partial charge in [0, 0.05) is 17.4 Å². The number of nitrogens with one attached hydrogen (secondary N) is 1. The Hall–Kier alpha value is -2.27. The van der Waals surface area contributed by atoms with Crippen molar-refractivity contribution in [3.8, 4) is 0 Å². The standard InChI is InChI=1S/C17H15ClFNO3/c1-9-3-2-4-10(5-9)12-8-15(23-17(21)22)20-16-13(12)6-11(18)7-14(16)19/h2-7,12,15,20H,8H2,1H3,(H,21,22). The molecular weight excluding hydrogens is 321 g/mol. The fraction of sp³-hybridized carbons (Fsp3) is 0.235. The monoisotopic (exact) mass is 335 g/mol. The molecule has 2 aromatic rings. The lowest BCUT2D eigenvalue weighted by Crippen LogP contribution is -2.33. The predicted octanol–water partition coefficient (Wildman–Crippen LogP) is 4.76. The van der Waals surface area contributed by atoms with Crippen LogP contribution in [0.25, 0.3) is 0 Å². The summed E-state index contributed by atoms with van der Waals surface area (Å²) >= 11 is 5.99. The topological polar surface area (TPSA) is 58.6 Å². The van der Waals surface area contributed by atoms with Crippen molar-refractivity contribution in [2.45, 2.75) is 25.5 Å². The largest absolute Gasteiger partial charge is 0.507 e. The molecule has 2 N–H and O–H groups in total. The number of rotatable bonds is 2. The van der Waals surface area contributed by atoms with Crippen molar-refractivity contribution in [3.63, 3.8) is 0 Å². The van der Waals surface area contributed by atoms with Gasteiger partial charge in [-0.25, -0.2) is 9.18 Å². The first-order valence-corrected chi connectivity index (χ1v) is 7.53. The second kappa shape index (κ2) is 6.08. The highest BCUT2D eigenvalue weighted by Crippen LogP contribution is 2.41. The van der Waals surface area contributed by atoms with Gasteiger partial charge in [-0.1, -0.05) is 41.4 Å². The van der Waals surface area contributed by atoms with Gasteiger partial charge in [0.05, 0.1) is 5.69 Å². The van der Waals surface area contributed by atoms with Crippen LogP contribution in [0.4, 0.5) is 14.9 Å². The van der Waals surface area contributed by atoms with Crippen LogP contribution in [0.2, 0.25) is 5.02 Å². The van der Waals surface area contributed by atoms with Crippen LogP contribution in [-0.4, -0.2) is 17.5 Å². The first kappa shape index (κ1) is 15.6. The number of halogens is 2. The zero-order valence-electron chi connectivity index (χ0n) is 12.3. The summed E-state index contributed by atoms with van der Waals surface area (Å²) in [5.41, 5.74) is 2.97. The lowest BCUT2D eigenvalue weighted by Gasteiger charge is -2.33. The van der Waals surface area contributed by atoms with Gasteiger partial charge in [-0.2, -0.15) is 0 Å². The number of aryl methyl sites for hydroxylation is 1. The van der Waals surface area contributed by atoms with E-state index in [0.29, 0.717) is 17.0 Å². The zero-order valence-corrected chi connectivity index (χ0v) is 13.1. The van der Waals surface area contributed by atoms with Crippen LogP contribution in [0.1, 0.15) is 29.0 Å². The molecule has 1 heterocycles. The molecule has 0 saturated carbocycles. The molecule has 1 aliphatic rings. The Balaban J connectivity index is 2.09. The predicted molar refractivity (Wildman–Crippen MR) is 85.6 cm³/mol. The molecule has 0 aromatic heterocycles. The Kier molecular flexibility index (Phi) is 4.13. The maximum Gasteiger partial charge on any atom is 0.507 e. The maximum atomic E-state index is 14.3. The normalized spacial score (nSPS) is 19.6. The summed E-state index contributed by atoms with van der Waals surface area (Å²) in [6.07, 6.45) is -1.85. The second-order valence-corrected chi connectivity index (χ2v) is 6.01. The van der Waals surface area contributed by atoms with Crippen molar-refractivity contribution in [1.29, 1.82) is 0 Å². The van der Waals surface area contributed by atoms with E-state index in [1.165, 1.54) is 6.07 Å². The van der Waals surface area contributed by atoms with Gasteiger partial charge in [0.2, 0.25) is 0 Å². The summed E-state index contributed by atoms with van der Waals surface area (Å²) in [5, 5.41) is 12.0. The average Bonchev–Trinajstić information content (AvgIpc) is 2.46. The summed E-state index contributed by atoms with van der Waals surface area (Å²) in [6.45, 7) is 1.97. The lowest BCUT2D eigenvalue weighted by atomic mass is 9.84. The van der Waals surface area contributed by atoms with E-state index in [4.69, 9.17) is 21.4 Å². The van der Waals surface area contributed by atoms with E-state index in [-0.39, 0.29) is 11.6 Å². The number of carbonyl (C=O) groups is 1. The minimum atomic E-state index is -1.40. The Morgan fingerprint density at radius 1 is 1.39 bits per heavy atom. The average molecular weight is 336 g/mol. The summed E-state index contributed by atoms with van der Waals surface area (Å²) in [4.78, 5) is 10.8. The van der Waals surface area contributed by atoms with Gasteiger partial charge < -0.3 is 15.2 Å². The Bertz CT molecular complexity index is 765. The Labute approximate surface area is 137 Å². The van der Waals surface area contributed by atoms with E-state index in [1.54, 1.807) is 6.07 Å². The Morgan fingerprint density at radius 3 is 2.87 bits per heavy atom. The molecular formula is C17H15ClFNO3. The smallest absolute Gasteiger partial charge is 0.450 e. The molecule has 1 aliphatic heterocycles. The SMILES string of the molecule is Cc1cccc(C2CC(OC(=O)O)Nc3c(F)cc(Cl)cc32)c1. The van der Waals surface area contributed by atoms with Crippen LogP contribution < -0.4 is 5.32 Å². The van der Waals surface area contributed by atoms with E-state index in [1.807, 2.05) is 31.2 Å². The van der Waals surface area contributed by atoms with Crippen LogP contribution >= 0.6 is 11.6 Å². The minimum absolute atomic E-state index is 0.205. The van der Waals surface area contributed by atoms with Crippen LogP contribution in [0.5, 0.6) is 0 Å². The second-order valence-electron chi connectivity index (χ2n) is 5.57. The van der Waals surface area contributed by atoms with Crippen LogP contribution in [0.15, 0.2) is 36.4 Å². The number of fused-ring (bicyclic) bond motifs is 1. The Morgan fingerprint density at radius 2 is 2.17 bits per heavy atom. The molecule has 2 unspecified atom stereocenters. The summed E-state index contributed by atoms with van der Waals surface area (Å²) < 4.78 is 19.1. The number of hydrogen-bond acceptors (Lipinski definition) is 3. The molecule has 0 radical (unpaired) electrons. The summed E-state index contributed by atoms with van der Waals surface area (Å²) in [7, 11) is 0. The van der Waals surface area contributed by atoms with Gasteiger partial charge in [-0.3, -0.25) is 0 Å². The van der Waals surface area contributed by atoms with Gasteiger partial charge in [0.25, 0.3) is 0 Å². The van der Waals surface area contributed by atoms with E-state index in [2.05, 4.69) is 5.32 Å². The molecule has 6 heteroatoms. The van der Waals surface area contributed by atoms with Crippen LogP contribution in [0.3, 0.4) is 0 Å². The van der Waals surface area contributed by atoms with Gasteiger partial charge in [0.15, 0.2) is 6.23 Å². The fourth-order valence-electron chi connectivity index (χ4n) is 2.98. The third-order valence-electron chi connectivity index (χ3n) is 3.90. The van der Waals surface area contributed by atoms with Crippen molar-refractivity contribution in [3.05, 3.63) is 63.9 Å². The molecule has 2 atom stereocenters. The third-order valence-corrected chi connectivity index (χ3v) is 4.12. The first-order chi connectivity index (χ1) is 10.9. The van der Waals surface area contributed by atoms with Gasteiger partial charge >= 0.3 is 6.16 Å². The molecule has 0 saturated heterocycles. The molecule has 0 bridgehead atoms. The molecule has 0 fully saturated rings. The highest BCUT2D eigenvalue weighted by molar-refractivity contribution is 6.30. The zero-order chi connectivity index (χ0) is 16.6. The van der Waals surface area contributed by atoms with E-state index < -0.39 is 18.2 Å². The van der Waals surface area contributed by atoms with Gasteiger partial charge in [0.1, 0.15) is 5.82 Å². The maximum absolute atomic E-state index is 14.3. The number of carboxylic acid groups (broad SMARTS) is 1. The molecule has 2 aromatic carbocycles. The molecule has 0 amide bonds. The number of anilines is 1. The summed E-state index contributed by atoms with van der Waals surface area (Å²) in [6, 6.07) is 10.7. The van der Waals surface area contributed by atoms with E-state index in [0.717, 1.165) is 11.1 Å². The highest BCUT2D eigenvalue weighted by Gasteiger charge is 2.32. The molecule has 0 aliphatic carbocycles. The molecule has 3 rings (SSSR count). The highest BCUT2D eigenvalue weighted by atomic mass is 35.5. The third kappa shape index (κ3) is 3.24. The van der Waals surface area contributed by atoms with Gasteiger partial charge in [-0.05, 0) is 30.2 Å². The van der Waals surface area contributed by atoms with Crippen molar-refractivity contribution >= 4 is 23.4 Å². The van der Waals surface area contributed by atoms with Gasteiger partial charge in [-0.15, -0.1) is 0 Å². The quantitative estimate of drug-likeness (QED) is 0.777. The first-order valence-electron chi connectivity index (χ1n) is 7.15. The molecule has 0 spiro atoms. The minimum Gasteiger partial charge on any atom is -0.450 e. The van der Waals surface area contributed by atoms with Crippen LogP contribution in [0, 0.1) is 12.7 Å². The van der Waals surface area contributed by atoms with Crippen LogP contribution in [-0.2, 0) is 4.74 Å². The van der Waals surface area contributed by atoms with Crippen molar-refractivity contribution in [1.82, 2.24) is 0 Å². The number of hydrogen-bond donors (Lipinski definition) is 2. The van der Waals surface area contributed by atoms with Crippen molar-refractivity contribution < 1.29 is 19.0 Å². The fourth-order valence-corrected chi connectivity index (χ4v) is 3.20. The lowest BCUT2D eigenvalue weighted by molar-refractivity contribution is 0.0559. The van der Waals surface area contributed by atoms with Crippen molar-refractivity contribution in [2.75, 3.05) is 5.32 Å². The summed E-state index contributed by atoms with van der Waals surface area (Å²) in [5.74, 6) is -0.729. The number of benzene rings is 2. The van der Waals surface area contributed by atoms with Crippen molar-refractivity contribution in [2.24, 2.45) is 0 Å². The molecule has 23 heavy (non-hydrogen) atoms. The van der Waals surface area contributed by atoms with E-state index >= 15 is 0 Å². The molecule has 120 valence electrons. The van der Waals surface area contributed by atoms with E-state index in [9.17, 15) is 9.18 Å². The number of ether oxygens (including phenoxy) is 1.